The molecule has 2 fully saturated rings. The predicted molar refractivity (Wildman–Crippen MR) is 82.8 cm³/mol. The van der Waals surface area contributed by atoms with Crippen LogP contribution in [0.15, 0.2) is 18.2 Å². The van der Waals surface area contributed by atoms with Crippen LogP contribution in [0.25, 0.3) is 0 Å². The van der Waals surface area contributed by atoms with E-state index in [0.717, 1.165) is 0 Å². The Balaban J connectivity index is 1.88. The number of imide groups is 1. The zero-order valence-electron chi connectivity index (χ0n) is 13.3. The van der Waals surface area contributed by atoms with E-state index >= 15 is 0 Å². The highest BCUT2D eigenvalue weighted by atomic mass is 16.5. The Morgan fingerprint density at radius 1 is 1.13 bits per heavy atom. The normalized spacial score (nSPS) is 22.5. The van der Waals surface area contributed by atoms with Crippen LogP contribution < -0.4 is 14.4 Å². The Morgan fingerprint density at radius 2 is 1.87 bits per heavy atom. The standard InChI is InChI=1S/C16H20N2O5/c1-21-11-3-4-12(14(9-11)22-2)18-15(19)10-13(16(18)20)17-5-7-23-8-6-17/h3-4,9,13H,5-8,10H2,1-2H3/t13-/m0/s1. The lowest BCUT2D eigenvalue weighted by atomic mass is 10.2. The topological polar surface area (TPSA) is 68.3 Å². The molecule has 0 N–H and O–H groups in total. The number of hydrogen-bond acceptors (Lipinski definition) is 6. The van der Waals surface area contributed by atoms with Gasteiger partial charge in [0.05, 0.1) is 45.6 Å². The third-order valence-corrected chi connectivity index (χ3v) is 4.24. The van der Waals surface area contributed by atoms with E-state index in [-0.39, 0.29) is 18.2 Å². The Labute approximate surface area is 134 Å². The molecular formula is C16H20N2O5. The zero-order valence-corrected chi connectivity index (χ0v) is 13.3. The molecule has 0 spiro atoms. The second-order valence-electron chi connectivity index (χ2n) is 5.47. The van der Waals surface area contributed by atoms with Crippen LogP contribution in [0, 0.1) is 0 Å². The Hall–Kier alpha value is -2.12. The van der Waals surface area contributed by atoms with Gasteiger partial charge >= 0.3 is 0 Å². The molecule has 7 nitrogen and oxygen atoms in total. The summed E-state index contributed by atoms with van der Waals surface area (Å²) >= 11 is 0. The molecule has 0 aromatic heterocycles. The summed E-state index contributed by atoms with van der Waals surface area (Å²) in [6.07, 6.45) is 0.189. The molecule has 2 saturated heterocycles. The van der Waals surface area contributed by atoms with Crippen LogP contribution in [0.5, 0.6) is 11.5 Å². The second kappa shape index (κ2) is 6.55. The predicted octanol–water partition coefficient (Wildman–Crippen LogP) is 0.668. The molecule has 0 bridgehead atoms. The highest BCUT2D eigenvalue weighted by molar-refractivity contribution is 6.23. The number of amides is 2. The first-order chi connectivity index (χ1) is 11.2. The van der Waals surface area contributed by atoms with E-state index in [1.54, 1.807) is 25.3 Å². The number of anilines is 1. The number of carbonyl (C=O) groups excluding carboxylic acids is 2. The van der Waals surface area contributed by atoms with Gasteiger partial charge in [-0.1, -0.05) is 0 Å². The number of ether oxygens (including phenoxy) is 3. The first-order valence-electron chi connectivity index (χ1n) is 7.56. The summed E-state index contributed by atoms with van der Waals surface area (Å²) in [5.74, 6) is 0.624. The van der Waals surface area contributed by atoms with E-state index < -0.39 is 6.04 Å². The highest BCUT2D eigenvalue weighted by Crippen LogP contribution is 2.36. The molecule has 23 heavy (non-hydrogen) atoms. The van der Waals surface area contributed by atoms with Gasteiger partial charge in [-0.25, -0.2) is 4.90 Å². The van der Waals surface area contributed by atoms with Gasteiger partial charge in [0.15, 0.2) is 0 Å². The minimum Gasteiger partial charge on any atom is -0.497 e. The number of morpholine rings is 1. The van der Waals surface area contributed by atoms with Crippen LogP contribution >= 0.6 is 0 Å². The number of carbonyl (C=O) groups is 2. The average Bonchev–Trinajstić information content (AvgIpc) is 2.89. The summed E-state index contributed by atoms with van der Waals surface area (Å²) in [5.41, 5.74) is 0.457. The van der Waals surface area contributed by atoms with Gasteiger partial charge in [0.1, 0.15) is 11.5 Å². The van der Waals surface area contributed by atoms with Gasteiger partial charge in [-0.3, -0.25) is 14.5 Å². The minimum atomic E-state index is -0.418. The van der Waals surface area contributed by atoms with Crippen LogP contribution in [-0.4, -0.2) is 63.3 Å². The summed E-state index contributed by atoms with van der Waals surface area (Å²) in [5, 5.41) is 0. The number of hydrogen-bond donors (Lipinski definition) is 0. The van der Waals surface area contributed by atoms with Crippen molar-refractivity contribution >= 4 is 17.5 Å². The fourth-order valence-electron chi connectivity index (χ4n) is 3.01. The molecule has 2 aliphatic rings. The molecule has 0 radical (unpaired) electrons. The lowest BCUT2D eigenvalue weighted by Crippen LogP contribution is -2.47. The van der Waals surface area contributed by atoms with Crippen molar-refractivity contribution in [2.45, 2.75) is 12.5 Å². The molecule has 1 aromatic rings. The van der Waals surface area contributed by atoms with Crippen LogP contribution in [0.4, 0.5) is 5.69 Å². The third-order valence-electron chi connectivity index (χ3n) is 4.24. The summed E-state index contributed by atoms with van der Waals surface area (Å²) < 4.78 is 15.8. The average molecular weight is 320 g/mol. The molecular weight excluding hydrogens is 300 g/mol. The second-order valence-corrected chi connectivity index (χ2v) is 5.47. The molecule has 0 aliphatic carbocycles. The molecule has 7 heteroatoms. The molecule has 1 atom stereocenters. The van der Waals surface area contributed by atoms with Gasteiger partial charge in [0, 0.05) is 19.2 Å². The van der Waals surface area contributed by atoms with Crippen molar-refractivity contribution in [1.29, 1.82) is 0 Å². The van der Waals surface area contributed by atoms with E-state index in [9.17, 15) is 9.59 Å². The maximum atomic E-state index is 12.8. The highest BCUT2D eigenvalue weighted by Gasteiger charge is 2.43. The maximum Gasteiger partial charge on any atom is 0.251 e. The van der Waals surface area contributed by atoms with Crippen molar-refractivity contribution in [3.63, 3.8) is 0 Å². The van der Waals surface area contributed by atoms with Crippen LogP contribution in [0.3, 0.4) is 0 Å². The van der Waals surface area contributed by atoms with Crippen molar-refractivity contribution < 1.29 is 23.8 Å². The quantitative estimate of drug-likeness (QED) is 0.760. The maximum absolute atomic E-state index is 12.8. The van der Waals surface area contributed by atoms with Crippen molar-refractivity contribution in [3.05, 3.63) is 18.2 Å². The smallest absolute Gasteiger partial charge is 0.251 e. The van der Waals surface area contributed by atoms with Crippen LogP contribution in [0.2, 0.25) is 0 Å². The summed E-state index contributed by atoms with van der Waals surface area (Å²) in [6.45, 7) is 2.50. The Morgan fingerprint density at radius 3 is 2.52 bits per heavy atom. The van der Waals surface area contributed by atoms with Gasteiger partial charge in [0.2, 0.25) is 5.91 Å². The van der Waals surface area contributed by atoms with Gasteiger partial charge < -0.3 is 14.2 Å². The zero-order chi connectivity index (χ0) is 16.4. The number of benzene rings is 1. The first kappa shape index (κ1) is 15.8. The Bertz CT molecular complexity index is 612. The minimum absolute atomic E-state index is 0.189. The van der Waals surface area contributed by atoms with E-state index in [1.165, 1.54) is 12.0 Å². The Kier molecular flexibility index (Phi) is 4.49. The molecule has 3 rings (SSSR count). The van der Waals surface area contributed by atoms with Crippen molar-refractivity contribution in [2.24, 2.45) is 0 Å². The van der Waals surface area contributed by atoms with E-state index in [1.807, 2.05) is 4.90 Å². The fourth-order valence-corrected chi connectivity index (χ4v) is 3.01. The number of rotatable bonds is 4. The summed E-state index contributed by atoms with van der Waals surface area (Å²) in [4.78, 5) is 28.4. The van der Waals surface area contributed by atoms with E-state index in [2.05, 4.69) is 0 Å². The first-order valence-corrected chi connectivity index (χ1v) is 7.56. The van der Waals surface area contributed by atoms with Gasteiger partial charge in [0.25, 0.3) is 5.91 Å². The largest absolute Gasteiger partial charge is 0.497 e. The molecule has 2 heterocycles. The summed E-state index contributed by atoms with van der Waals surface area (Å²) in [6, 6.07) is 4.63. The van der Waals surface area contributed by atoms with Gasteiger partial charge in [-0.05, 0) is 12.1 Å². The molecule has 1 aromatic carbocycles. The lowest BCUT2D eigenvalue weighted by Gasteiger charge is -2.30. The lowest BCUT2D eigenvalue weighted by molar-refractivity contribution is -0.123. The summed E-state index contributed by atoms with van der Waals surface area (Å²) in [7, 11) is 3.05. The van der Waals surface area contributed by atoms with Crippen LogP contribution in [-0.2, 0) is 14.3 Å². The molecule has 2 aliphatic heterocycles. The van der Waals surface area contributed by atoms with Crippen molar-refractivity contribution in [2.75, 3.05) is 45.4 Å². The van der Waals surface area contributed by atoms with Crippen LogP contribution in [0.1, 0.15) is 6.42 Å². The van der Waals surface area contributed by atoms with Crippen molar-refractivity contribution in [3.8, 4) is 11.5 Å². The fraction of sp³-hybridized carbons (Fsp3) is 0.500. The molecule has 124 valence electrons. The SMILES string of the molecule is COc1ccc(N2C(=O)C[C@H](N3CCOCC3)C2=O)c(OC)c1. The number of nitrogens with zero attached hydrogens (tertiary/aromatic N) is 2. The van der Waals surface area contributed by atoms with E-state index in [0.29, 0.717) is 43.5 Å². The molecule has 2 amide bonds. The molecule has 0 saturated carbocycles. The monoisotopic (exact) mass is 320 g/mol. The van der Waals surface area contributed by atoms with E-state index in [4.69, 9.17) is 14.2 Å². The number of methoxy groups -OCH3 is 2. The molecule has 0 unspecified atom stereocenters. The third kappa shape index (κ3) is 2.89. The van der Waals surface area contributed by atoms with Crippen molar-refractivity contribution in [1.82, 2.24) is 4.90 Å². The van der Waals surface area contributed by atoms with Gasteiger partial charge in [-0.2, -0.15) is 0 Å². The van der Waals surface area contributed by atoms with Gasteiger partial charge in [-0.15, -0.1) is 0 Å².